The van der Waals surface area contributed by atoms with E-state index in [4.69, 9.17) is 4.42 Å². The molecule has 0 aliphatic carbocycles. The maximum absolute atomic E-state index is 10.7. The second-order valence-corrected chi connectivity index (χ2v) is 5.75. The highest BCUT2D eigenvalue weighted by molar-refractivity contribution is 7.17. The maximum atomic E-state index is 10.7. The molecule has 0 radical (unpaired) electrons. The van der Waals surface area contributed by atoms with Crippen LogP contribution in [0.25, 0.3) is 10.1 Å². The molecule has 0 amide bonds. The lowest BCUT2D eigenvalue weighted by molar-refractivity contribution is 0.219. The third-order valence-corrected chi connectivity index (χ3v) is 4.68. The van der Waals surface area contributed by atoms with Crippen molar-refractivity contribution in [1.29, 1.82) is 0 Å². The molecule has 2 aromatic heterocycles. The third-order valence-electron chi connectivity index (χ3n) is 3.70. The fourth-order valence-electron chi connectivity index (χ4n) is 2.58. The Hall–Kier alpha value is -1.58. The lowest BCUT2D eigenvalue weighted by Gasteiger charge is -2.10. The van der Waals surface area contributed by atoms with Crippen molar-refractivity contribution in [3.8, 4) is 0 Å². The Bertz CT molecular complexity index is 736. The molecule has 0 bridgehead atoms. The molecule has 3 rings (SSSR count). The van der Waals surface area contributed by atoms with Gasteiger partial charge in [-0.3, -0.25) is 0 Å². The van der Waals surface area contributed by atoms with E-state index in [9.17, 15) is 5.11 Å². The Morgan fingerprint density at radius 1 is 1.11 bits per heavy atom. The zero-order chi connectivity index (χ0) is 13.6. The van der Waals surface area contributed by atoms with E-state index < -0.39 is 6.10 Å². The molecule has 2 heterocycles. The maximum Gasteiger partial charge on any atom is 0.109 e. The predicted octanol–water partition coefficient (Wildman–Crippen LogP) is 4.50. The van der Waals surface area contributed by atoms with E-state index in [0.717, 1.165) is 33.6 Å². The Morgan fingerprint density at radius 3 is 2.53 bits per heavy atom. The first-order chi connectivity index (χ1) is 9.09. The summed E-state index contributed by atoms with van der Waals surface area (Å²) in [5.41, 5.74) is 2.91. The predicted molar refractivity (Wildman–Crippen MR) is 78.8 cm³/mol. The molecule has 0 saturated carbocycles. The van der Waals surface area contributed by atoms with E-state index in [2.05, 4.69) is 12.1 Å². The number of aliphatic hydroxyl groups excluding tert-OH is 1. The fourth-order valence-corrected chi connectivity index (χ4v) is 3.56. The second-order valence-electron chi connectivity index (χ2n) is 4.84. The van der Waals surface area contributed by atoms with Gasteiger partial charge in [0.15, 0.2) is 0 Å². The van der Waals surface area contributed by atoms with Gasteiger partial charge in [-0.25, -0.2) is 0 Å². The van der Waals surface area contributed by atoms with Gasteiger partial charge in [-0.2, -0.15) is 0 Å². The van der Waals surface area contributed by atoms with Gasteiger partial charge >= 0.3 is 0 Å². The number of aryl methyl sites for hydroxylation is 2. The molecule has 2 nitrogen and oxygen atoms in total. The Morgan fingerprint density at radius 2 is 1.84 bits per heavy atom. The summed E-state index contributed by atoms with van der Waals surface area (Å²) in [6.45, 7) is 5.84. The van der Waals surface area contributed by atoms with Crippen LogP contribution in [-0.2, 0) is 0 Å². The van der Waals surface area contributed by atoms with Crippen LogP contribution in [0.3, 0.4) is 0 Å². The van der Waals surface area contributed by atoms with Crippen LogP contribution in [0.5, 0.6) is 0 Å². The molecule has 0 spiro atoms. The first kappa shape index (κ1) is 12.5. The van der Waals surface area contributed by atoms with Crippen molar-refractivity contribution in [2.75, 3.05) is 0 Å². The van der Waals surface area contributed by atoms with Gasteiger partial charge in [-0.1, -0.05) is 18.2 Å². The summed E-state index contributed by atoms with van der Waals surface area (Å²) >= 11 is 1.66. The van der Waals surface area contributed by atoms with Gasteiger partial charge < -0.3 is 9.52 Å². The molecule has 3 heteroatoms. The number of benzene rings is 1. The van der Waals surface area contributed by atoms with Crippen LogP contribution in [-0.4, -0.2) is 5.11 Å². The van der Waals surface area contributed by atoms with Gasteiger partial charge in [0.2, 0.25) is 0 Å². The number of aliphatic hydroxyl groups is 1. The van der Waals surface area contributed by atoms with E-state index >= 15 is 0 Å². The van der Waals surface area contributed by atoms with Crippen molar-refractivity contribution in [2.24, 2.45) is 0 Å². The van der Waals surface area contributed by atoms with Crippen molar-refractivity contribution in [3.63, 3.8) is 0 Å². The van der Waals surface area contributed by atoms with Crippen molar-refractivity contribution < 1.29 is 9.52 Å². The van der Waals surface area contributed by atoms with Crippen LogP contribution in [0.1, 0.15) is 34.3 Å². The number of hydrogen-bond acceptors (Lipinski definition) is 3. The molecule has 0 saturated heterocycles. The summed E-state index contributed by atoms with van der Waals surface area (Å²) in [7, 11) is 0. The summed E-state index contributed by atoms with van der Waals surface area (Å²) in [5, 5.41) is 13.9. The average molecular weight is 272 g/mol. The van der Waals surface area contributed by atoms with Gasteiger partial charge in [0.05, 0.1) is 0 Å². The van der Waals surface area contributed by atoms with E-state index in [1.165, 1.54) is 4.70 Å². The third kappa shape index (κ3) is 1.90. The molecule has 0 aliphatic rings. The van der Waals surface area contributed by atoms with Crippen molar-refractivity contribution >= 4 is 21.4 Å². The largest absolute Gasteiger partial charge is 0.466 e. The van der Waals surface area contributed by atoms with Gasteiger partial charge in [-0.05, 0) is 43.2 Å². The van der Waals surface area contributed by atoms with Crippen LogP contribution in [0.15, 0.2) is 34.1 Å². The molecule has 3 aromatic rings. The lowest BCUT2D eigenvalue weighted by Crippen LogP contribution is -2.01. The molecule has 1 unspecified atom stereocenters. The number of rotatable bonds is 2. The van der Waals surface area contributed by atoms with Crippen molar-refractivity contribution in [2.45, 2.75) is 26.9 Å². The van der Waals surface area contributed by atoms with Crippen LogP contribution in [0.4, 0.5) is 0 Å². The molecule has 0 fully saturated rings. The first-order valence-corrected chi connectivity index (χ1v) is 7.18. The van der Waals surface area contributed by atoms with Crippen LogP contribution in [0.2, 0.25) is 0 Å². The topological polar surface area (TPSA) is 33.4 Å². The van der Waals surface area contributed by atoms with Crippen LogP contribution >= 0.6 is 11.3 Å². The Balaban J connectivity index is 2.16. The van der Waals surface area contributed by atoms with E-state index in [1.807, 2.05) is 38.3 Å². The highest BCUT2D eigenvalue weighted by Gasteiger charge is 2.22. The highest BCUT2D eigenvalue weighted by atomic mass is 32.1. The number of thiophene rings is 1. The molecule has 1 N–H and O–H groups in total. The summed E-state index contributed by atoms with van der Waals surface area (Å²) in [6.07, 6.45) is -0.617. The molecular formula is C16H16O2S. The van der Waals surface area contributed by atoms with E-state index in [-0.39, 0.29) is 0 Å². The standard InChI is InChI=1S/C16H16O2S/c1-9-10(2)18-11(3)15(9)16(17)13-8-19-14-7-5-4-6-12(13)14/h4-8,16-17H,1-3H3. The minimum Gasteiger partial charge on any atom is -0.466 e. The SMILES string of the molecule is Cc1oc(C)c(C(O)c2csc3ccccc23)c1C. The Labute approximate surface area is 116 Å². The van der Waals surface area contributed by atoms with Crippen molar-refractivity contribution in [1.82, 2.24) is 0 Å². The van der Waals surface area contributed by atoms with Gasteiger partial charge in [-0.15, -0.1) is 11.3 Å². The molecular weight excluding hydrogens is 256 g/mol. The van der Waals surface area contributed by atoms with Gasteiger partial charge in [0.1, 0.15) is 17.6 Å². The lowest BCUT2D eigenvalue weighted by atomic mass is 9.98. The Kier molecular flexibility index (Phi) is 2.96. The molecule has 19 heavy (non-hydrogen) atoms. The molecule has 1 atom stereocenters. The molecule has 1 aromatic carbocycles. The van der Waals surface area contributed by atoms with Crippen molar-refractivity contribution in [3.05, 3.63) is 57.9 Å². The minimum absolute atomic E-state index is 0.617. The molecule has 0 aliphatic heterocycles. The normalized spacial score (nSPS) is 13.1. The van der Waals surface area contributed by atoms with E-state index in [1.54, 1.807) is 11.3 Å². The zero-order valence-corrected chi connectivity index (χ0v) is 12.0. The van der Waals surface area contributed by atoms with Gasteiger partial charge in [0.25, 0.3) is 0 Å². The average Bonchev–Trinajstić information content (AvgIpc) is 2.91. The summed E-state index contributed by atoms with van der Waals surface area (Å²) in [6, 6.07) is 8.16. The first-order valence-electron chi connectivity index (χ1n) is 6.30. The van der Waals surface area contributed by atoms with Crippen LogP contribution in [0, 0.1) is 20.8 Å². The number of furan rings is 1. The van der Waals surface area contributed by atoms with E-state index in [0.29, 0.717) is 0 Å². The quantitative estimate of drug-likeness (QED) is 0.745. The monoisotopic (exact) mass is 272 g/mol. The summed E-state index contributed by atoms with van der Waals surface area (Å²) in [4.78, 5) is 0. The second kappa shape index (κ2) is 4.51. The summed E-state index contributed by atoms with van der Waals surface area (Å²) in [5.74, 6) is 1.68. The zero-order valence-electron chi connectivity index (χ0n) is 11.2. The van der Waals surface area contributed by atoms with Gasteiger partial charge in [0, 0.05) is 15.8 Å². The minimum atomic E-state index is -0.617. The van der Waals surface area contributed by atoms with Crippen LogP contribution < -0.4 is 0 Å². The smallest absolute Gasteiger partial charge is 0.109 e. The molecule has 98 valence electrons. The summed E-state index contributed by atoms with van der Waals surface area (Å²) < 4.78 is 6.82. The number of hydrogen-bond donors (Lipinski definition) is 1. The number of fused-ring (bicyclic) bond motifs is 1. The highest BCUT2D eigenvalue weighted by Crippen LogP contribution is 2.37. The fraction of sp³-hybridized carbons (Fsp3) is 0.250.